The average molecular weight is 322 g/mol. The normalized spacial score (nSPS) is 18.0. The van der Waals surface area contributed by atoms with Crippen molar-refractivity contribution in [2.75, 3.05) is 31.3 Å². The van der Waals surface area contributed by atoms with Crippen LogP contribution in [0, 0.1) is 0 Å². The van der Waals surface area contributed by atoms with Gasteiger partial charge in [0.25, 0.3) is 0 Å². The highest BCUT2D eigenvalue weighted by Gasteiger charge is 2.41. The van der Waals surface area contributed by atoms with E-state index in [2.05, 4.69) is 10.6 Å². The highest BCUT2D eigenvalue weighted by Crippen LogP contribution is 2.20. The van der Waals surface area contributed by atoms with Gasteiger partial charge in [0.05, 0.1) is 5.75 Å². The Bertz CT molecular complexity index is 470. The van der Waals surface area contributed by atoms with Crippen LogP contribution in [0.5, 0.6) is 0 Å². The van der Waals surface area contributed by atoms with Crippen LogP contribution in [-0.4, -0.2) is 62.3 Å². The molecular weight excluding hydrogens is 300 g/mol. The van der Waals surface area contributed by atoms with Crippen molar-refractivity contribution in [3.63, 3.8) is 0 Å². The maximum Gasteiger partial charge on any atom is 0.329 e. The third-order valence-corrected chi connectivity index (χ3v) is 5.26. The lowest BCUT2D eigenvalue weighted by Gasteiger charge is -2.33. The van der Waals surface area contributed by atoms with E-state index in [0.29, 0.717) is 6.42 Å². The SMILES string of the molecule is CCS(=O)(=O)CCCNC(=O)NC1(C(=O)O)CCOCC1. The van der Waals surface area contributed by atoms with Crippen molar-refractivity contribution in [1.29, 1.82) is 0 Å². The van der Waals surface area contributed by atoms with Gasteiger partial charge in [-0.25, -0.2) is 18.0 Å². The first kappa shape index (κ1) is 17.7. The Morgan fingerprint density at radius 1 is 1.29 bits per heavy atom. The fraction of sp³-hybridized carbons (Fsp3) is 0.833. The van der Waals surface area contributed by atoms with Gasteiger partial charge in [-0.05, 0) is 6.42 Å². The van der Waals surface area contributed by atoms with Crippen LogP contribution >= 0.6 is 0 Å². The molecule has 0 aromatic heterocycles. The number of hydrogen-bond donors (Lipinski definition) is 3. The van der Waals surface area contributed by atoms with E-state index in [1.54, 1.807) is 6.92 Å². The van der Waals surface area contributed by atoms with Crippen molar-refractivity contribution in [1.82, 2.24) is 10.6 Å². The molecule has 9 heteroatoms. The quantitative estimate of drug-likeness (QED) is 0.555. The third-order valence-electron chi connectivity index (χ3n) is 3.47. The summed E-state index contributed by atoms with van der Waals surface area (Å²) in [6, 6.07) is -0.604. The van der Waals surface area contributed by atoms with Gasteiger partial charge in [-0.2, -0.15) is 0 Å². The van der Waals surface area contributed by atoms with Gasteiger partial charge in [0.15, 0.2) is 0 Å². The lowest BCUT2D eigenvalue weighted by atomic mass is 9.90. The number of sulfone groups is 1. The Labute approximate surface area is 124 Å². The van der Waals surface area contributed by atoms with Crippen LogP contribution in [-0.2, 0) is 19.4 Å². The monoisotopic (exact) mass is 322 g/mol. The number of carboxylic acid groups (broad SMARTS) is 1. The molecule has 1 aliphatic rings. The number of carboxylic acids is 1. The Kier molecular flexibility index (Phi) is 6.41. The van der Waals surface area contributed by atoms with Gasteiger partial charge in [0.2, 0.25) is 0 Å². The first-order valence-electron chi connectivity index (χ1n) is 6.89. The molecule has 1 fully saturated rings. The number of hydrogen-bond acceptors (Lipinski definition) is 5. The molecule has 21 heavy (non-hydrogen) atoms. The minimum absolute atomic E-state index is 0.00168. The first-order chi connectivity index (χ1) is 9.81. The summed E-state index contributed by atoms with van der Waals surface area (Å²) < 4.78 is 27.7. The van der Waals surface area contributed by atoms with E-state index in [1.807, 2.05) is 0 Å². The molecule has 0 unspecified atom stereocenters. The minimum atomic E-state index is -3.05. The summed E-state index contributed by atoms with van der Waals surface area (Å²) in [7, 11) is -3.05. The van der Waals surface area contributed by atoms with E-state index in [-0.39, 0.29) is 44.1 Å². The van der Waals surface area contributed by atoms with Gasteiger partial charge in [-0.15, -0.1) is 0 Å². The molecule has 3 N–H and O–H groups in total. The van der Waals surface area contributed by atoms with Gasteiger partial charge < -0.3 is 20.5 Å². The second-order valence-electron chi connectivity index (χ2n) is 4.97. The summed E-state index contributed by atoms with van der Waals surface area (Å²) in [4.78, 5) is 23.1. The maximum absolute atomic E-state index is 11.7. The van der Waals surface area contributed by atoms with Gasteiger partial charge in [-0.1, -0.05) is 6.92 Å². The zero-order valence-corrected chi connectivity index (χ0v) is 12.9. The first-order valence-corrected chi connectivity index (χ1v) is 8.71. The summed E-state index contributed by atoms with van der Waals surface area (Å²) >= 11 is 0. The van der Waals surface area contributed by atoms with Crippen LogP contribution in [0.4, 0.5) is 4.79 Å². The van der Waals surface area contributed by atoms with E-state index >= 15 is 0 Å². The number of ether oxygens (including phenoxy) is 1. The Morgan fingerprint density at radius 2 is 1.90 bits per heavy atom. The molecule has 122 valence electrons. The number of carbonyl (C=O) groups excluding carboxylic acids is 1. The number of carbonyl (C=O) groups is 2. The molecule has 0 aromatic carbocycles. The van der Waals surface area contributed by atoms with E-state index < -0.39 is 27.4 Å². The van der Waals surface area contributed by atoms with E-state index in [9.17, 15) is 23.1 Å². The smallest absolute Gasteiger partial charge is 0.329 e. The molecule has 0 atom stereocenters. The molecule has 0 bridgehead atoms. The lowest BCUT2D eigenvalue weighted by Crippen LogP contribution is -2.59. The highest BCUT2D eigenvalue weighted by molar-refractivity contribution is 7.91. The van der Waals surface area contributed by atoms with Crippen LogP contribution in [0.2, 0.25) is 0 Å². The van der Waals surface area contributed by atoms with Gasteiger partial charge in [-0.3, -0.25) is 0 Å². The molecule has 1 rings (SSSR count). The van der Waals surface area contributed by atoms with E-state index in [1.165, 1.54) is 0 Å². The number of amides is 2. The predicted molar refractivity (Wildman–Crippen MR) is 75.9 cm³/mol. The Hall–Kier alpha value is -1.35. The van der Waals surface area contributed by atoms with Crippen LogP contribution in [0.15, 0.2) is 0 Å². The maximum atomic E-state index is 11.7. The molecule has 0 aromatic rings. The van der Waals surface area contributed by atoms with Crippen molar-refractivity contribution in [2.45, 2.75) is 31.7 Å². The third kappa shape index (κ3) is 5.50. The van der Waals surface area contributed by atoms with Crippen molar-refractivity contribution < 1.29 is 27.9 Å². The number of aliphatic carboxylic acids is 1. The summed E-state index contributed by atoms with van der Waals surface area (Å²) in [6.45, 7) is 2.30. The zero-order chi connectivity index (χ0) is 15.9. The van der Waals surface area contributed by atoms with Crippen molar-refractivity contribution >= 4 is 21.8 Å². The summed E-state index contributed by atoms with van der Waals surface area (Å²) in [5.74, 6) is -1.02. The second-order valence-corrected chi connectivity index (χ2v) is 7.44. The Morgan fingerprint density at radius 3 is 2.43 bits per heavy atom. The number of rotatable bonds is 7. The molecular formula is C12H22N2O6S. The van der Waals surface area contributed by atoms with Crippen LogP contribution < -0.4 is 10.6 Å². The summed E-state index contributed by atoms with van der Waals surface area (Å²) in [6.07, 6.45) is 0.715. The van der Waals surface area contributed by atoms with Crippen molar-refractivity contribution in [3.05, 3.63) is 0 Å². The summed E-state index contributed by atoms with van der Waals surface area (Å²) in [5.41, 5.74) is -1.31. The molecule has 0 aliphatic carbocycles. The van der Waals surface area contributed by atoms with Crippen LogP contribution in [0.25, 0.3) is 0 Å². The molecule has 0 radical (unpaired) electrons. The van der Waals surface area contributed by atoms with Gasteiger partial charge in [0, 0.05) is 38.4 Å². The molecule has 1 heterocycles. The molecule has 1 aliphatic heterocycles. The molecule has 0 spiro atoms. The predicted octanol–water partition coefficient (Wildman–Crippen LogP) is -0.256. The van der Waals surface area contributed by atoms with Crippen molar-refractivity contribution in [2.24, 2.45) is 0 Å². The summed E-state index contributed by atoms with van der Waals surface area (Å²) in [5, 5.41) is 14.2. The van der Waals surface area contributed by atoms with Crippen LogP contribution in [0.1, 0.15) is 26.2 Å². The second kappa shape index (κ2) is 7.60. The standard InChI is InChI=1S/C12H22N2O6S/c1-2-21(18,19)9-3-6-13-11(17)14-12(10(15)16)4-7-20-8-5-12/h2-9H2,1H3,(H,15,16)(H2,13,14,17). The number of nitrogens with one attached hydrogen (secondary N) is 2. The molecule has 0 saturated carbocycles. The number of urea groups is 1. The van der Waals surface area contributed by atoms with E-state index in [4.69, 9.17) is 4.74 Å². The molecule has 2 amide bonds. The fourth-order valence-electron chi connectivity index (χ4n) is 2.01. The van der Waals surface area contributed by atoms with Crippen LogP contribution in [0.3, 0.4) is 0 Å². The van der Waals surface area contributed by atoms with E-state index in [0.717, 1.165) is 0 Å². The highest BCUT2D eigenvalue weighted by atomic mass is 32.2. The van der Waals surface area contributed by atoms with Gasteiger partial charge in [0.1, 0.15) is 15.4 Å². The topological polar surface area (TPSA) is 122 Å². The van der Waals surface area contributed by atoms with Gasteiger partial charge >= 0.3 is 12.0 Å². The lowest BCUT2D eigenvalue weighted by molar-refractivity contribution is -0.148. The average Bonchev–Trinajstić information content (AvgIpc) is 2.44. The Balaban J connectivity index is 2.40. The minimum Gasteiger partial charge on any atom is -0.480 e. The van der Waals surface area contributed by atoms with Crippen molar-refractivity contribution in [3.8, 4) is 0 Å². The zero-order valence-electron chi connectivity index (χ0n) is 12.1. The largest absolute Gasteiger partial charge is 0.480 e. The fourth-order valence-corrected chi connectivity index (χ4v) is 2.88. The molecule has 1 saturated heterocycles. The molecule has 8 nitrogen and oxygen atoms in total.